The van der Waals surface area contributed by atoms with E-state index in [1.165, 1.54) is 18.3 Å². The minimum absolute atomic E-state index is 0.0559. The van der Waals surface area contributed by atoms with Gasteiger partial charge in [0.05, 0.1) is 15.6 Å². The molecular formula is C12H8Br2N4O3. The third-order valence-electron chi connectivity index (χ3n) is 2.40. The predicted molar refractivity (Wildman–Crippen MR) is 85.6 cm³/mol. The molecule has 21 heavy (non-hydrogen) atoms. The van der Waals surface area contributed by atoms with Crippen molar-refractivity contribution in [3.8, 4) is 5.75 Å². The first-order chi connectivity index (χ1) is 9.97. The Morgan fingerprint density at radius 3 is 2.76 bits per heavy atom. The number of hydrogen-bond acceptors (Lipinski definition) is 6. The van der Waals surface area contributed by atoms with Gasteiger partial charge in [0.25, 0.3) is 5.69 Å². The Morgan fingerprint density at radius 2 is 2.14 bits per heavy atom. The van der Waals surface area contributed by atoms with Crippen LogP contribution in [0.15, 0.2) is 44.5 Å². The summed E-state index contributed by atoms with van der Waals surface area (Å²) in [6.07, 6.45) is 2.54. The van der Waals surface area contributed by atoms with Gasteiger partial charge in [-0.15, -0.1) is 0 Å². The summed E-state index contributed by atoms with van der Waals surface area (Å²) in [4.78, 5) is 13.8. The van der Waals surface area contributed by atoms with Crippen LogP contribution in [0.2, 0.25) is 0 Å². The zero-order chi connectivity index (χ0) is 15.4. The minimum Gasteiger partial charge on any atom is -0.506 e. The first kappa shape index (κ1) is 15.4. The van der Waals surface area contributed by atoms with Crippen molar-refractivity contribution < 1.29 is 10.0 Å². The second-order valence-electron chi connectivity index (χ2n) is 3.85. The third kappa shape index (κ3) is 3.99. The Hall–Kier alpha value is -2.00. The van der Waals surface area contributed by atoms with Gasteiger partial charge in [-0.05, 0) is 34.1 Å². The zero-order valence-corrected chi connectivity index (χ0v) is 13.5. The lowest BCUT2D eigenvalue weighted by molar-refractivity contribution is -0.385. The highest BCUT2D eigenvalue weighted by atomic mass is 79.9. The number of aromatic nitrogens is 1. The SMILES string of the molecule is O=[N+]([O-])c1ccc(N/N=C/c2cc(Br)cc(Br)c2O)nc1. The maximum absolute atomic E-state index is 10.5. The largest absolute Gasteiger partial charge is 0.506 e. The molecule has 0 aliphatic carbocycles. The van der Waals surface area contributed by atoms with Gasteiger partial charge >= 0.3 is 0 Å². The molecule has 0 spiro atoms. The average Bonchev–Trinajstić information content (AvgIpc) is 2.44. The number of benzene rings is 1. The number of aromatic hydroxyl groups is 1. The van der Waals surface area contributed by atoms with Crippen molar-refractivity contribution in [3.05, 3.63) is 55.1 Å². The van der Waals surface area contributed by atoms with Crippen molar-refractivity contribution in [2.75, 3.05) is 5.43 Å². The van der Waals surface area contributed by atoms with E-state index >= 15 is 0 Å². The molecule has 0 radical (unpaired) electrons. The molecule has 2 N–H and O–H groups in total. The summed E-state index contributed by atoms with van der Waals surface area (Å²) in [5.74, 6) is 0.408. The van der Waals surface area contributed by atoms with Crippen LogP contribution >= 0.6 is 31.9 Å². The van der Waals surface area contributed by atoms with E-state index in [0.717, 1.165) is 10.7 Å². The molecule has 0 aliphatic heterocycles. The van der Waals surface area contributed by atoms with Gasteiger partial charge in [-0.25, -0.2) is 4.98 Å². The van der Waals surface area contributed by atoms with Crippen LogP contribution in [0.3, 0.4) is 0 Å². The highest BCUT2D eigenvalue weighted by Gasteiger charge is 2.06. The first-order valence-corrected chi connectivity index (χ1v) is 7.13. The highest BCUT2D eigenvalue weighted by molar-refractivity contribution is 9.11. The Morgan fingerprint density at radius 1 is 1.38 bits per heavy atom. The first-order valence-electron chi connectivity index (χ1n) is 5.55. The van der Waals surface area contributed by atoms with E-state index in [-0.39, 0.29) is 11.4 Å². The number of phenols is 1. The summed E-state index contributed by atoms with van der Waals surface area (Å²) < 4.78 is 1.31. The molecule has 1 aromatic heterocycles. The van der Waals surface area contributed by atoms with Crippen LogP contribution < -0.4 is 5.43 Å². The number of nitro groups is 1. The second-order valence-corrected chi connectivity index (χ2v) is 5.62. The van der Waals surface area contributed by atoms with Crippen LogP contribution in [0.4, 0.5) is 11.5 Å². The fourth-order valence-electron chi connectivity index (χ4n) is 1.41. The van der Waals surface area contributed by atoms with E-state index in [1.54, 1.807) is 12.1 Å². The van der Waals surface area contributed by atoms with Crippen molar-refractivity contribution in [2.24, 2.45) is 5.10 Å². The maximum atomic E-state index is 10.5. The highest BCUT2D eigenvalue weighted by Crippen LogP contribution is 2.30. The summed E-state index contributed by atoms with van der Waals surface area (Å²) in [5, 5.41) is 24.3. The number of pyridine rings is 1. The molecule has 7 nitrogen and oxygen atoms in total. The smallest absolute Gasteiger partial charge is 0.287 e. The van der Waals surface area contributed by atoms with Gasteiger partial charge in [0.1, 0.15) is 17.8 Å². The monoisotopic (exact) mass is 414 g/mol. The van der Waals surface area contributed by atoms with Gasteiger partial charge in [0.2, 0.25) is 0 Å². The zero-order valence-electron chi connectivity index (χ0n) is 10.3. The molecule has 2 aromatic rings. The van der Waals surface area contributed by atoms with Crippen LogP contribution in [-0.2, 0) is 0 Å². The van der Waals surface area contributed by atoms with Gasteiger partial charge in [-0.3, -0.25) is 15.5 Å². The molecule has 0 saturated carbocycles. The summed E-state index contributed by atoms with van der Waals surface area (Å²) in [7, 11) is 0. The molecule has 1 aromatic carbocycles. The molecule has 0 atom stereocenters. The maximum Gasteiger partial charge on any atom is 0.287 e. The van der Waals surface area contributed by atoms with Crippen molar-refractivity contribution in [2.45, 2.75) is 0 Å². The van der Waals surface area contributed by atoms with Crippen LogP contribution in [0.25, 0.3) is 0 Å². The van der Waals surface area contributed by atoms with E-state index in [1.807, 2.05) is 0 Å². The van der Waals surface area contributed by atoms with Gasteiger partial charge in [-0.1, -0.05) is 15.9 Å². The fraction of sp³-hybridized carbons (Fsp3) is 0. The molecule has 0 amide bonds. The van der Waals surface area contributed by atoms with Crippen LogP contribution in [0.1, 0.15) is 5.56 Å². The molecule has 1 heterocycles. The van der Waals surface area contributed by atoms with Crippen LogP contribution in [0, 0.1) is 10.1 Å². The molecule has 0 bridgehead atoms. The topological polar surface area (TPSA) is 101 Å². The number of hydrazone groups is 1. The van der Waals surface area contributed by atoms with Crippen molar-refractivity contribution in [3.63, 3.8) is 0 Å². The lowest BCUT2D eigenvalue weighted by Crippen LogP contribution is -1.95. The van der Waals surface area contributed by atoms with Gasteiger partial charge < -0.3 is 5.11 Å². The number of rotatable bonds is 4. The number of nitrogens with one attached hydrogen (secondary N) is 1. The Kier molecular flexibility index (Phi) is 4.86. The Balaban J connectivity index is 2.10. The quantitative estimate of drug-likeness (QED) is 0.450. The number of hydrogen-bond donors (Lipinski definition) is 2. The van der Waals surface area contributed by atoms with E-state index < -0.39 is 4.92 Å². The van der Waals surface area contributed by atoms with Crippen molar-refractivity contribution >= 4 is 49.6 Å². The fourth-order valence-corrected chi connectivity index (χ4v) is 2.67. The summed E-state index contributed by atoms with van der Waals surface area (Å²) in [6, 6.07) is 6.15. The van der Waals surface area contributed by atoms with Gasteiger partial charge in [0, 0.05) is 16.1 Å². The van der Waals surface area contributed by atoms with E-state index in [9.17, 15) is 15.2 Å². The number of halogens is 2. The van der Waals surface area contributed by atoms with E-state index in [2.05, 4.69) is 47.4 Å². The lowest BCUT2D eigenvalue weighted by Gasteiger charge is -2.03. The Bertz CT molecular complexity index is 704. The lowest BCUT2D eigenvalue weighted by atomic mass is 10.2. The van der Waals surface area contributed by atoms with Crippen LogP contribution in [-0.4, -0.2) is 21.2 Å². The predicted octanol–water partition coefficient (Wildman–Crippen LogP) is 3.67. The second kappa shape index (κ2) is 6.64. The van der Waals surface area contributed by atoms with Gasteiger partial charge in [-0.2, -0.15) is 5.10 Å². The summed E-state index contributed by atoms with van der Waals surface area (Å²) >= 11 is 6.52. The normalized spacial score (nSPS) is 10.8. The molecule has 9 heteroatoms. The molecule has 108 valence electrons. The standard InChI is InChI=1S/C12H8Br2N4O3/c13-8-3-7(12(19)10(14)4-8)5-16-17-11-2-1-9(6-15-11)18(20)21/h1-6,19H,(H,15,17)/b16-5+. The van der Waals surface area contributed by atoms with Gasteiger partial charge in [0.15, 0.2) is 0 Å². The van der Waals surface area contributed by atoms with E-state index in [0.29, 0.717) is 15.9 Å². The average molecular weight is 416 g/mol. The number of phenolic OH excluding ortho intramolecular Hbond substituents is 1. The molecule has 0 unspecified atom stereocenters. The molecule has 0 aliphatic rings. The summed E-state index contributed by atoms with van der Waals surface area (Å²) in [5.41, 5.74) is 3.01. The van der Waals surface area contributed by atoms with E-state index in [4.69, 9.17) is 0 Å². The third-order valence-corrected chi connectivity index (χ3v) is 3.46. The van der Waals surface area contributed by atoms with Crippen molar-refractivity contribution in [1.82, 2.24) is 4.98 Å². The van der Waals surface area contributed by atoms with Crippen molar-refractivity contribution in [1.29, 1.82) is 0 Å². The summed E-state index contributed by atoms with van der Waals surface area (Å²) in [6.45, 7) is 0. The molecular weight excluding hydrogens is 408 g/mol. The Labute approximate surface area is 136 Å². The minimum atomic E-state index is -0.531. The van der Waals surface area contributed by atoms with Crippen LogP contribution in [0.5, 0.6) is 5.75 Å². The molecule has 0 saturated heterocycles. The number of nitrogens with zero attached hydrogens (tertiary/aromatic N) is 3. The molecule has 0 fully saturated rings. The number of anilines is 1. The molecule has 2 rings (SSSR count).